The molecule has 90 valence electrons. The van der Waals surface area contributed by atoms with Crippen molar-refractivity contribution in [2.75, 3.05) is 6.54 Å². The smallest absolute Gasteiger partial charge is 0.115 e. The molecule has 0 radical (unpaired) electrons. The fourth-order valence-corrected chi connectivity index (χ4v) is 1.77. The molecule has 0 unspecified atom stereocenters. The number of nitrogens with zero attached hydrogens (tertiary/aromatic N) is 1. The van der Waals surface area contributed by atoms with Crippen molar-refractivity contribution in [3.63, 3.8) is 0 Å². The second kappa shape index (κ2) is 5.55. The van der Waals surface area contributed by atoms with E-state index in [-0.39, 0.29) is 0 Å². The molecule has 3 nitrogen and oxygen atoms in total. The third-order valence-corrected chi connectivity index (χ3v) is 2.69. The van der Waals surface area contributed by atoms with Crippen LogP contribution in [0, 0.1) is 0 Å². The highest BCUT2D eigenvalue weighted by molar-refractivity contribution is 5.26. The number of rotatable bonds is 5. The van der Waals surface area contributed by atoms with Crippen LogP contribution in [0.3, 0.4) is 0 Å². The lowest BCUT2D eigenvalue weighted by Crippen LogP contribution is -2.11. The number of nitrogens with one attached hydrogen (secondary N) is 1. The highest BCUT2D eigenvalue weighted by Gasteiger charge is 1.98. The molecule has 0 atom stereocenters. The average molecular weight is 230 g/mol. The Morgan fingerprint density at radius 1 is 1.12 bits per heavy atom. The zero-order valence-corrected chi connectivity index (χ0v) is 10.1. The predicted octanol–water partition coefficient (Wildman–Crippen LogP) is 2.35. The minimum atomic E-state index is 0.314. The molecule has 0 aliphatic rings. The molecule has 2 aromatic rings. The van der Waals surface area contributed by atoms with E-state index < -0.39 is 0 Å². The normalized spacial score (nSPS) is 10.6. The van der Waals surface area contributed by atoms with E-state index in [0.717, 1.165) is 19.6 Å². The summed E-state index contributed by atoms with van der Waals surface area (Å²) in [4.78, 5) is 0. The van der Waals surface area contributed by atoms with Crippen LogP contribution in [0.25, 0.3) is 0 Å². The monoisotopic (exact) mass is 230 g/mol. The molecule has 0 aliphatic heterocycles. The summed E-state index contributed by atoms with van der Waals surface area (Å²) in [6.45, 7) is 4.85. The molecular weight excluding hydrogens is 212 g/mol. The largest absolute Gasteiger partial charge is 0.508 e. The lowest BCUT2D eigenvalue weighted by Gasteiger charge is -2.03. The fourth-order valence-electron chi connectivity index (χ4n) is 1.77. The van der Waals surface area contributed by atoms with Crippen molar-refractivity contribution in [1.82, 2.24) is 9.88 Å². The Labute approximate surface area is 102 Å². The molecule has 1 heterocycles. The van der Waals surface area contributed by atoms with E-state index in [4.69, 9.17) is 0 Å². The van der Waals surface area contributed by atoms with Crippen molar-refractivity contribution < 1.29 is 5.11 Å². The van der Waals surface area contributed by atoms with Crippen molar-refractivity contribution in [3.05, 3.63) is 53.9 Å². The number of aromatic nitrogens is 1. The van der Waals surface area contributed by atoms with E-state index in [1.807, 2.05) is 12.1 Å². The molecule has 2 rings (SSSR count). The standard InChI is InChI=1S/C14H18N2O/c1-2-15-9-13-7-8-16(11-13)10-12-3-5-14(17)6-4-12/h3-8,11,15,17H,2,9-10H2,1H3. The van der Waals surface area contributed by atoms with Gasteiger partial charge >= 0.3 is 0 Å². The summed E-state index contributed by atoms with van der Waals surface area (Å²) in [6.07, 6.45) is 4.23. The third-order valence-electron chi connectivity index (χ3n) is 2.69. The molecule has 17 heavy (non-hydrogen) atoms. The van der Waals surface area contributed by atoms with Gasteiger partial charge < -0.3 is 15.0 Å². The number of phenols is 1. The van der Waals surface area contributed by atoms with Crippen LogP contribution in [-0.4, -0.2) is 16.2 Å². The molecule has 0 saturated carbocycles. The number of phenolic OH excluding ortho intramolecular Hbond substituents is 1. The Hall–Kier alpha value is -1.74. The summed E-state index contributed by atoms with van der Waals surface area (Å²) in [5.41, 5.74) is 2.49. The lowest BCUT2D eigenvalue weighted by molar-refractivity contribution is 0.475. The van der Waals surface area contributed by atoms with Crippen molar-refractivity contribution >= 4 is 0 Å². The van der Waals surface area contributed by atoms with E-state index in [1.54, 1.807) is 12.1 Å². The van der Waals surface area contributed by atoms with Gasteiger partial charge in [-0.05, 0) is 35.9 Å². The number of hydrogen-bond donors (Lipinski definition) is 2. The van der Waals surface area contributed by atoms with Crippen LogP contribution in [0.4, 0.5) is 0 Å². The summed E-state index contributed by atoms with van der Waals surface area (Å²) >= 11 is 0. The van der Waals surface area contributed by atoms with E-state index in [1.165, 1.54) is 11.1 Å². The van der Waals surface area contributed by atoms with Crippen LogP contribution in [0.15, 0.2) is 42.7 Å². The summed E-state index contributed by atoms with van der Waals surface area (Å²) in [5, 5.41) is 12.5. The highest BCUT2D eigenvalue weighted by Crippen LogP contribution is 2.11. The first-order valence-electron chi connectivity index (χ1n) is 5.91. The maximum absolute atomic E-state index is 9.21. The Balaban J connectivity index is 1.98. The number of hydrogen-bond acceptors (Lipinski definition) is 2. The average Bonchev–Trinajstić information content (AvgIpc) is 2.77. The van der Waals surface area contributed by atoms with Gasteiger partial charge in [0.1, 0.15) is 5.75 Å². The number of aromatic hydroxyl groups is 1. The Morgan fingerprint density at radius 2 is 1.88 bits per heavy atom. The molecular formula is C14H18N2O. The van der Waals surface area contributed by atoms with Crippen molar-refractivity contribution in [2.24, 2.45) is 0 Å². The molecule has 3 heteroatoms. The van der Waals surface area contributed by atoms with Gasteiger partial charge in [-0.2, -0.15) is 0 Å². The van der Waals surface area contributed by atoms with Crippen molar-refractivity contribution in [3.8, 4) is 5.75 Å². The summed E-state index contributed by atoms with van der Waals surface area (Å²) in [5.74, 6) is 0.314. The van der Waals surface area contributed by atoms with Crippen LogP contribution in [-0.2, 0) is 13.1 Å². The van der Waals surface area contributed by atoms with Gasteiger partial charge in [0.25, 0.3) is 0 Å². The maximum atomic E-state index is 9.21. The van der Waals surface area contributed by atoms with Gasteiger partial charge in [0.2, 0.25) is 0 Å². The first kappa shape index (κ1) is 11.7. The molecule has 0 fully saturated rings. The summed E-state index contributed by atoms with van der Waals surface area (Å²) < 4.78 is 2.15. The fraction of sp³-hybridized carbons (Fsp3) is 0.286. The zero-order chi connectivity index (χ0) is 12.1. The van der Waals surface area contributed by atoms with E-state index in [0.29, 0.717) is 5.75 Å². The van der Waals surface area contributed by atoms with Gasteiger partial charge in [-0.15, -0.1) is 0 Å². The van der Waals surface area contributed by atoms with E-state index >= 15 is 0 Å². The van der Waals surface area contributed by atoms with Crippen LogP contribution in [0.5, 0.6) is 5.75 Å². The number of benzene rings is 1. The molecule has 1 aromatic heterocycles. The Morgan fingerprint density at radius 3 is 2.59 bits per heavy atom. The van der Waals surface area contributed by atoms with Gasteiger partial charge in [-0.25, -0.2) is 0 Å². The molecule has 0 saturated heterocycles. The Kier molecular flexibility index (Phi) is 3.83. The minimum absolute atomic E-state index is 0.314. The SMILES string of the molecule is CCNCc1ccn(Cc2ccc(O)cc2)c1. The molecule has 2 N–H and O–H groups in total. The van der Waals surface area contributed by atoms with Gasteiger partial charge in [0, 0.05) is 25.5 Å². The molecule has 0 aliphatic carbocycles. The summed E-state index contributed by atoms with van der Waals surface area (Å²) in [6, 6.07) is 9.46. The topological polar surface area (TPSA) is 37.2 Å². The summed E-state index contributed by atoms with van der Waals surface area (Å²) in [7, 11) is 0. The van der Waals surface area contributed by atoms with Crippen LogP contribution < -0.4 is 5.32 Å². The van der Waals surface area contributed by atoms with Gasteiger partial charge in [-0.3, -0.25) is 0 Å². The predicted molar refractivity (Wildman–Crippen MR) is 69.0 cm³/mol. The van der Waals surface area contributed by atoms with Crippen molar-refractivity contribution in [2.45, 2.75) is 20.0 Å². The molecule has 0 spiro atoms. The molecule has 1 aromatic carbocycles. The highest BCUT2D eigenvalue weighted by atomic mass is 16.3. The van der Waals surface area contributed by atoms with Crippen molar-refractivity contribution in [1.29, 1.82) is 0 Å². The Bertz CT molecular complexity index is 459. The maximum Gasteiger partial charge on any atom is 0.115 e. The molecule has 0 bridgehead atoms. The second-order valence-corrected chi connectivity index (χ2v) is 4.14. The zero-order valence-electron chi connectivity index (χ0n) is 10.1. The van der Waals surface area contributed by atoms with Crippen LogP contribution >= 0.6 is 0 Å². The van der Waals surface area contributed by atoms with E-state index in [2.05, 4.69) is 35.3 Å². The lowest BCUT2D eigenvalue weighted by atomic mass is 10.2. The molecule has 0 amide bonds. The minimum Gasteiger partial charge on any atom is -0.508 e. The van der Waals surface area contributed by atoms with Crippen LogP contribution in [0.1, 0.15) is 18.1 Å². The van der Waals surface area contributed by atoms with Gasteiger partial charge in [0.05, 0.1) is 0 Å². The quantitative estimate of drug-likeness (QED) is 0.827. The van der Waals surface area contributed by atoms with Crippen LogP contribution in [0.2, 0.25) is 0 Å². The van der Waals surface area contributed by atoms with E-state index in [9.17, 15) is 5.11 Å². The third kappa shape index (κ3) is 3.36. The first-order chi connectivity index (χ1) is 8.28. The first-order valence-corrected chi connectivity index (χ1v) is 5.91. The van der Waals surface area contributed by atoms with Gasteiger partial charge in [-0.1, -0.05) is 19.1 Å². The second-order valence-electron chi connectivity index (χ2n) is 4.14. The van der Waals surface area contributed by atoms with Gasteiger partial charge in [0.15, 0.2) is 0 Å².